The maximum atomic E-state index is 6.00. The fourth-order valence-electron chi connectivity index (χ4n) is 2.09. The summed E-state index contributed by atoms with van der Waals surface area (Å²) in [5.74, 6) is 1.61. The fourth-order valence-corrected chi connectivity index (χ4v) is 2.60. The molecule has 0 fully saturated rings. The zero-order valence-electron chi connectivity index (χ0n) is 10.9. The minimum Gasteiger partial charge on any atom is -0.457 e. The molecular weight excluding hydrogens is 363 g/mol. The first-order valence-corrected chi connectivity index (χ1v) is 7.29. The van der Waals surface area contributed by atoms with Crippen molar-refractivity contribution in [2.45, 2.75) is 6.92 Å². The number of nitrogen functional groups attached to an aromatic ring is 1. The van der Waals surface area contributed by atoms with E-state index in [1.54, 1.807) is 6.20 Å². The Labute approximate surface area is 130 Å². The maximum absolute atomic E-state index is 6.00. The average molecular weight is 376 g/mol. The largest absolute Gasteiger partial charge is 0.457 e. The highest BCUT2D eigenvalue weighted by atomic mass is 127. The molecule has 0 aliphatic rings. The van der Waals surface area contributed by atoms with Crippen LogP contribution in [-0.2, 0) is 0 Å². The number of rotatable bonds is 2. The van der Waals surface area contributed by atoms with Gasteiger partial charge in [0, 0.05) is 31.9 Å². The van der Waals surface area contributed by atoms with Crippen molar-refractivity contribution in [1.29, 1.82) is 0 Å². The van der Waals surface area contributed by atoms with Crippen molar-refractivity contribution >= 4 is 39.1 Å². The highest BCUT2D eigenvalue weighted by molar-refractivity contribution is 14.1. The lowest BCUT2D eigenvalue weighted by atomic mass is 10.1. The summed E-state index contributed by atoms with van der Waals surface area (Å²) < 4.78 is 7.13. The van der Waals surface area contributed by atoms with E-state index in [2.05, 4.69) is 27.6 Å². The topological polar surface area (TPSA) is 48.1 Å². The van der Waals surface area contributed by atoms with E-state index in [1.165, 1.54) is 0 Å². The predicted octanol–water partition coefficient (Wildman–Crippen LogP) is 4.52. The van der Waals surface area contributed by atoms with Crippen LogP contribution in [0.15, 0.2) is 48.7 Å². The minimum atomic E-state index is 0.711. The Hall–Kier alpha value is -1.82. The summed E-state index contributed by atoms with van der Waals surface area (Å²) in [7, 11) is 0. The molecule has 0 bridgehead atoms. The summed E-state index contributed by atoms with van der Waals surface area (Å²) in [4.78, 5) is 4.29. The number of ether oxygens (including phenoxy) is 1. The summed E-state index contributed by atoms with van der Waals surface area (Å²) in [5, 5.41) is 1.90. The number of halogens is 1. The molecule has 4 heteroatoms. The van der Waals surface area contributed by atoms with Crippen molar-refractivity contribution in [3.05, 3.63) is 57.9 Å². The van der Waals surface area contributed by atoms with Gasteiger partial charge in [0.25, 0.3) is 0 Å². The second kappa shape index (κ2) is 5.28. The number of fused-ring (bicyclic) bond motifs is 1. The van der Waals surface area contributed by atoms with Crippen LogP contribution in [-0.4, -0.2) is 4.98 Å². The molecule has 1 heterocycles. The molecule has 0 atom stereocenters. The van der Waals surface area contributed by atoms with Gasteiger partial charge in [-0.2, -0.15) is 0 Å². The molecule has 100 valence electrons. The van der Waals surface area contributed by atoms with Gasteiger partial charge in [-0.3, -0.25) is 4.98 Å². The zero-order chi connectivity index (χ0) is 14.1. The molecule has 0 spiro atoms. The van der Waals surface area contributed by atoms with Crippen molar-refractivity contribution in [3.8, 4) is 11.5 Å². The lowest BCUT2D eigenvalue weighted by molar-refractivity contribution is 0.488. The van der Waals surface area contributed by atoms with Gasteiger partial charge in [0.1, 0.15) is 11.5 Å². The fraction of sp³-hybridized carbons (Fsp3) is 0.0625. The van der Waals surface area contributed by atoms with E-state index in [-0.39, 0.29) is 0 Å². The number of nitrogens with two attached hydrogens (primary N) is 1. The SMILES string of the molecule is Cc1cc2c(Oc3cccc(I)c3)ccc(N)c2cn1. The van der Waals surface area contributed by atoms with Crippen LogP contribution in [0.4, 0.5) is 5.69 Å². The molecule has 20 heavy (non-hydrogen) atoms. The number of pyridine rings is 1. The first kappa shape index (κ1) is 13.2. The molecule has 0 aliphatic carbocycles. The molecule has 0 unspecified atom stereocenters. The third kappa shape index (κ3) is 2.56. The molecule has 2 aromatic carbocycles. The van der Waals surface area contributed by atoms with E-state index < -0.39 is 0 Å². The molecule has 3 rings (SSSR count). The number of benzene rings is 2. The number of aromatic nitrogens is 1. The Morgan fingerprint density at radius 2 is 1.95 bits per heavy atom. The average Bonchev–Trinajstić information content (AvgIpc) is 2.42. The Morgan fingerprint density at radius 1 is 1.10 bits per heavy atom. The number of hydrogen-bond acceptors (Lipinski definition) is 3. The van der Waals surface area contributed by atoms with Crippen LogP contribution in [0.1, 0.15) is 5.69 Å². The van der Waals surface area contributed by atoms with Crippen LogP contribution in [0.2, 0.25) is 0 Å². The molecule has 0 saturated carbocycles. The molecule has 0 radical (unpaired) electrons. The number of anilines is 1. The molecule has 2 N–H and O–H groups in total. The number of aryl methyl sites for hydroxylation is 1. The van der Waals surface area contributed by atoms with E-state index in [4.69, 9.17) is 10.5 Å². The molecular formula is C16H13IN2O. The Morgan fingerprint density at radius 3 is 2.75 bits per heavy atom. The Bertz CT molecular complexity index is 787. The quantitative estimate of drug-likeness (QED) is 0.529. The molecule has 0 amide bonds. The van der Waals surface area contributed by atoms with E-state index in [0.29, 0.717) is 5.69 Å². The highest BCUT2D eigenvalue weighted by Gasteiger charge is 2.07. The lowest BCUT2D eigenvalue weighted by Gasteiger charge is -2.11. The Balaban J connectivity index is 2.12. The summed E-state index contributed by atoms with van der Waals surface area (Å²) in [6.45, 7) is 1.96. The molecule has 3 aromatic rings. The van der Waals surface area contributed by atoms with Crippen molar-refractivity contribution in [1.82, 2.24) is 4.98 Å². The smallest absolute Gasteiger partial charge is 0.135 e. The summed E-state index contributed by atoms with van der Waals surface area (Å²) in [6.07, 6.45) is 1.79. The van der Waals surface area contributed by atoms with Crippen molar-refractivity contribution in [2.24, 2.45) is 0 Å². The van der Waals surface area contributed by atoms with Crippen LogP contribution in [0.5, 0.6) is 11.5 Å². The molecule has 1 aromatic heterocycles. The van der Waals surface area contributed by atoms with E-state index in [1.807, 2.05) is 49.4 Å². The van der Waals surface area contributed by atoms with Crippen molar-refractivity contribution < 1.29 is 4.74 Å². The van der Waals surface area contributed by atoms with E-state index >= 15 is 0 Å². The number of nitrogens with zero attached hydrogens (tertiary/aromatic N) is 1. The van der Waals surface area contributed by atoms with Gasteiger partial charge in [0.2, 0.25) is 0 Å². The normalized spacial score (nSPS) is 10.7. The van der Waals surface area contributed by atoms with Gasteiger partial charge < -0.3 is 10.5 Å². The van der Waals surface area contributed by atoms with Crippen LogP contribution >= 0.6 is 22.6 Å². The zero-order valence-corrected chi connectivity index (χ0v) is 13.1. The first-order chi connectivity index (χ1) is 9.63. The van der Waals surface area contributed by atoms with Gasteiger partial charge in [-0.25, -0.2) is 0 Å². The molecule has 3 nitrogen and oxygen atoms in total. The maximum Gasteiger partial charge on any atom is 0.135 e. The van der Waals surface area contributed by atoms with Crippen molar-refractivity contribution in [2.75, 3.05) is 5.73 Å². The van der Waals surface area contributed by atoms with Gasteiger partial charge >= 0.3 is 0 Å². The van der Waals surface area contributed by atoms with Crippen LogP contribution in [0, 0.1) is 10.5 Å². The lowest BCUT2D eigenvalue weighted by Crippen LogP contribution is -1.93. The number of hydrogen-bond donors (Lipinski definition) is 1. The standard InChI is InChI=1S/C16H13IN2O/c1-10-7-13-14(9-19-10)15(18)5-6-16(13)20-12-4-2-3-11(17)8-12/h2-9H,18H2,1H3. The Kier molecular flexibility index (Phi) is 3.48. The third-order valence-electron chi connectivity index (χ3n) is 3.06. The highest BCUT2D eigenvalue weighted by Crippen LogP contribution is 2.33. The monoisotopic (exact) mass is 376 g/mol. The third-order valence-corrected chi connectivity index (χ3v) is 3.73. The van der Waals surface area contributed by atoms with Crippen molar-refractivity contribution in [3.63, 3.8) is 0 Å². The summed E-state index contributed by atoms with van der Waals surface area (Å²) in [6, 6.07) is 13.7. The summed E-state index contributed by atoms with van der Waals surface area (Å²) >= 11 is 2.27. The van der Waals surface area contributed by atoms with Gasteiger partial charge in [0.05, 0.1) is 0 Å². The van der Waals surface area contributed by atoms with Gasteiger partial charge in [-0.15, -0.1) is 0 Å². The second-order valence-corrected chi connectivity index (χ2v) is 5.83. The van der Waals surface area contributed by atoms with E-state index in [0.717, 1.165) is 31.5 Å². The second-order valence-electron chi connectivity index (χ2n) is 4.58. The van der Waals surface area contributed by atoms with E-state index in [9.17, 15) is 0 Å². The predicted molar refractivity (Wildman–Crippen MR) is 90.1 cm³/mol. The molecule has 0 saturated heterocycles. The van der Waals surface area contributed by atoms with Gasteiger partial charge in [-0.05, 0) is 65.9 Å². The van der Waals surface area contributed by atoms with Crippen LogP contribution in [0.3, 0.4) is 0 Å². The minimum absolute atomic E-state index is 0.711. The van der Waals surface area contributed by atoms with Crippen LogP contribution in [0.25, 0.3) is 10.8 Å². The first-order valence-electron chi connectivity index (χ1n) is 6.22. The molecule has 0 aliphatic heterocycles. The van der Waals surface area contributed by atoms with Gasteiger partial charge in [0.15, 0.2) is 0 Å². The van der Waals surface area contributed by atoms with Gasteiger partial charge in [-0.1, -0.05) is 6.07 Å². The summed E-state index contributed by atoms with van der Waals surface area (Å²) in [5.41, 5.74) is 7.65. The van der Waals surface area contributed by atoms with Crippen LogP contribution < -0.4 is 10.5 Å².